The lowest BCUT2D eigenvalue weighted by Crippen LogP contribution is -2.10. The minimum absolute atomic E-state index is 0.283. The van der Waals surface area contributed by atoms with Gasteiger partial charge in [0.2, 0.25) is 0 Å². The van der Waals surface area contributed by atoms with Gasteiger partial charge in [-0.3, -0.25) is 0 Å². The van der Waals surface area contributed by atoms with Crippen molar-refractivity contribution in [1.29, 1.82) is 0 Å². The smallest absolute Gasteiger partial charge is 0.152 e. The highest BCUT2D eigenvalue weighted by Gasteiger charge is 2.15. The standard InChI is InChI=1S/C18H18ClNO/c1-11(2)12-6-8-13(9-7-12)17(20)16-10-14-4-3-5-15(19)18(14)21-16/h3-11,17H,20H2,1-2H3. The topological polar surface area (TPSA) is 39.2 Å². The number of rotatable bonds is 3. The van der Waals surface area contributed by atoms with Gasteiger partial charge in [0.15, 0.2) is 5.58 Å². The van der Waals surface area contributed by atoms with Crippen LogP contribution < -0.4 is 5.73 Å². The molecule has 0 aliphatic heterocycles. The van der Waals surface area contributed by atoms with Crippen LogP contribution in [-0.4, -0.2) is 0 Å². The molecule has 0 bridgehead atoms. The largest absolute Gasteiger partial charge is 0.457 e. The molecule has 21 heavy (non-hydrogen) atoms. The Morgan fingerprint density at radius 2 is 1.67 bits per heavy atom. The Bertz CT molecular complexity index is 758. The van der Waals surface area contributed by atoms with Crippen molar-refractivity contribution < 1.29 is 4.42 Å². The number of hydrogen-bond donors (Lipinski definition) is 1. The molecule has 0 saturated carbocycles. The molecule has 2 aromatic carbocycles. The zero-order chi connectivity index (χ0) is 15.0. The van der Waals surface area contributed by atoms with E-state index >= 15 is 0 Å². The van der Waals surface area contributed by atoms with Crippen LogP contribution in [0.15, 0.2) is 52.9 Å². The maximum absolute atomic E-state index is 6.32. The van der Waals surface area contributed by atoms with E-state index in [0.29, 0.717) is 16.5 Å². The van der Waals surface area contributed by atoms with Gasteiger partial charge in [0, 0.05) is 5.39 Å². The first-order valence-corrected chi connectivity index (χ1v) is 7.47. The molecule has 3 rings (SSSR count). The Kier molecular flexibility index (Phi) is 3.75. The van der Waals surface area contributed by atoms with Gasteiger partial charge in [-0.05, 0) is 29.2 Å². The summed E-state index contributed by atoms with van der Waals surface area (Å²) in [6, 6.07) is 15.8. The molecule has 0 spiro atoms. The van der Waals surface area contributed by atoms with Gasteiger partial charge in [0.05, 0.1) is 11.1 Å². The van der Waals surface area contributed by atoms with Gasteiger partial charge >= 0.3 is 0 Å². The molecule has 2 N–H and O–H groups in total. The van der Waals surface area contributed by atoms with Crippen molar-refractivity contribution in [3.63, 3.8) is 0 Å². The van der Waals surface area contributed by atoms with E-state index in [1.54, 1.807) is 0 Å². The van der Waals surface area contributed by atoms with Crippen molar-refractivity contribution in [3.8, 4) is 0 Å². The van der Waals surface area contributed by atoms with E-state index in [0.717, 1.165) is 16.7 Å². The highest BCUT2D eigenvalue weighted by atomic mass is 35.5. The second-order valence-corrected chi connectivity index (χ2v) is 6.01. The third-order valence-corrected chi connectivity index (χ3v) is 4.08. The second kappa shape index (κ2) is 5.55. The van der Waals surface area contributed by atoms with Crippen molar-refractivity contribution >= 4 is 22.6 Å². The Labute approximate surface area is 129 Å². The molecule has 1 aromatic heterocycles. The molecule has 1 heterocycles. The normalized spacial score (nSPS) is 13.0. The highest BCUT2D eigenvalue weighted by molar-refractivity contribution is 6.34. The van der Waals surface area contributed by atoms with Crippen LogP contribution in [-0.2, 0) is 0 Å². The number of hydrogen-bond acceptors (Lipinski definition) is 2. The van der Waals surface area contributed by atoms with Crippen molar-refractivity contribution in [1.82, 2.24) is 0 Å². The number of para-hydroxylation sites is 1. The summed E-state index contributed by atoms with van der Waals surface area (Å²) < 4.78 is 5.84. The van der Waals surface area contributed by atoms with Crippen molar-refractivity contribution in [2.24, 2.45) is 5.73 Å². The fraction of sp³-hybridized carbons (Fsp3) is 0.222. The molecule has 2 nitrogen and oxygen atoms in total. The quantitative estimate of drug-likeness (QED) is 0.716. The van der Waals surface area contributed by atoms with Gasteiger partial charge < -0.3 is 10.2 Å². The minimum atomic E-state index is -0.283. The number of benzene rings is 2. The van der Waals surface area contributed by atoms with E-state index in [4.69, 9.17) is 21.8 Å². The first kappa shape index (κ1) is 14.2. The van der Waals surface area contributed by atoms with Gasteiger partial charge in [0.1, 0.15) is 5.76 Å². The van der Waals surface area contributed by atoms with Crippen LogP contribution in [0.25, 0.3) is 11.0 Å². The molecule has 3 heteroatoms. The Morgan fingerprint density at radius 3 is 2.29 bits per heavy atom. The van der Waals surface area contributed by atoms with Crippen LogP contribution in [0.4, 0.5) is 0 Å². The SMILES string of the molecule is CC(C)c1ccc(C(N)c2cc3cccc(Cl)c3o2)cc1. The molecular weight excluding hydrogens is 282 g/mol. The van der Waals surface area contributed by atoms with Gasteiger partial charge in [-0.1, -0.05) is 61.8 Å². The average molecular weight is 300 g/mol. The summed E-state index contributed by atoms with van der Waals surface area (Å²) in [5.41, 5.74) is 9.36. The maximum atomic E-state index is 6.32. The molecular formula is C18H18ClNO. The lowest BCUT2D eigenvalue weighted by molar-refractivity contribution is 0.525. The van der Waals surface area contributed by atoms with E-state index in [2.05, 4.69) is 38.1 Å². The van der Waals surface area contributed by atoms with E-state index in [1.165, 1.54) is 5.56 Å². The van der Waals surface area contributed by atoms with Crippen molar-refractivity contribution in [2.45, 2.75) is 25.8 Å². The van der Waals surface area contributed by atoms with Gasteiger partial charge in [0.25, 0.3) is 0 Å². The summed E-state index contributed by atoms with van der Waals surface area (Å²) >= 11 is 6.14. The fourth-order valence-electron chi connectivity index (χ4n) is 2.45. The fourth-order valence-corrected chi connectivity index (χ4v) is 2.67. The lowest BCUT2D eigenvalue weighted by Gasteiger charge is -2.11. The van der Waals surface area contributed by atoms with Crippen molar-refractivity contribution in [3.05, 3.63) is 70.4 Å². The van der Waals surface area contributed by atoms with Crippen LogP contribution in [0.1, 0.15) is 42.7 Å². The van der Waals surface area contributed by atoms with Crippen molar-refractivity contribution in [2.75, 3.05) is 0 Å². The van der Waals surface area contributed by atoms with Gasteiger partial charge in [-0.2, -0.15) is 0 Å². The Hall–Kier alpha value is -1.77. The van der Waals surface area contributed by atoms with Crippen LogP contribution in [0, 0.1) is 0 Å². The van der Waals surface area contributed by atoms with E-state index < -0.39 is 0 Å². The number of halogens is 1. The van der Waals surface area contributed by atoms with E-state index in [9.17, 15) is 0 Å². The summed E-state index contributed by atoms with van der Waals surface area (Å²) in [5, 5.41) is 1.59. The molecule has 1 unspecified atom stereocenters. The number of fused-ring (bicyclic) bond motifs is 1. The summed E-state index contributed by atoms with van der Waals surface area (Å²) in [6.07, 6.45) is 0. The van der Waals surface area contributed by atoms with Crippen LogP contribution >= 0.6 is 11.6 Å². The first-order valence-electron chi connectivity index (χ1n) is 7.09. The highest BCUT2D eigenvalue weighted by Crippen LogP contribution is 2.31. The predicted molar refractivity (Wildman–Crippen MR) is 87.8 cm³/mol. The molecule has 0 aliphatic carbocycles. The zero-order valence-corrected chi connectivity index (χ0v) is 12.9. The molecule has 0 fully saturated rings. The number of nitrogens with two attached hydrogens (primary N) is 1. The molecule has 0 saturated heterocycles. The van der Waals surface area contributed by atoms with E-state index in [1.807, 2.05) is 24.3 Å². The monoisotopic (exact) mass is 299 g/mol. The zero-order valence-electron chi connectivity index (χ0n) is 12.1. The average Bonchev–Trinajstić information content (AvgIpc) is 2.92. The van der Waals surface area contributed by atoms with Gasteiger partial charge in [-0.15, -0.1) is 0 Å². The summed E-state index contributed by atoms with van der Waals surface area (Å²) in [6.45, 7) is 4.35. The van der Waals surface area contributed by atoms with Gasteiger partial charge in [-0.25, -0.2) is 0 Å². The Morgan fingerprint density at radius 1 is 1.00 bits per heavy atom. The molecule has 3 aromatic rings. The lowest BCUT2D eigenvalue weighted by atomic mass is 9.98. The minimum Gasteiger partial charge on any atom is -0.457 e. The van der Waals surface area contributed by atoms with E-state index in [-0.39, 0.29) is 6.04 Å². The number of furan rings is 1. The molecule has 0 amide bonds. The third-order valence-electron chi connectivity index (χ3n) is 3.78. The molecule has 0 aliphatic rings. The Balaban J connectivity index is 1.96. The molecule has 0 radical (unpaired) electrons. The second-order valence-electron chi connectivity index (χ2n) is 5.61. The van der Waals surface area contributed by atoms with Crippen LogP contribution in [0.5, 0.6) is 0 Å². The van der Waals surface area contributed by atoms with Crippen LogP contribution in [0.2, 0.25) is 5.02 Å². The summed E-state index contributed by atoms with van der Waals surface area (Å²) in [4.78, 5) is 0. The predicted octanol–water partition coefficient (Wildman–Crippen LogP) is 5.26. The van der Waals surface area contributed by atoms with Crippen LogP contribution in [0.3, 0.4) is 0 Å². The molecule has 108 valence electrons. The summed E-state index contributed by atoms with van der Waals surface area (Å²) in [5.74, 6) is 1.25. The summed E-state index contributed by atoms with van der Waals surface area (Å²) in [7, 11) is 0. The third kappa shape index (κ3) is 2.69. The molecule has 1 atom stereocenters. The maximum Gasteiger partial charge on any atom is 0.152 e. The first-order chi connectivity index (χ1) is 10.1.